The van der Waals surface area contributed by atoms with Crippen LogP contribution in [0.1, 0.15) is 37.8 Å². The van der Waals surface area contributed by atoms with E-state index in [1.54, 1.807) is 7.11 Å². The number of hydrogen-bond donors (Lipinski definition) is 2. The third-order valence-electron chi connectivity index (χ3n) is 2.88. The van der Waals surface area contributed by atoms with E-state index in [1.807, 2.05) is 25.1 Å². The minimum Gasteiger partial charge on any atom is -0.493 e. The molecule has 5 heteroatoms. The SMILES string of the molecule is CCOc1cc([C@H](N)CCCCN)ccc1OC.Cl. The summed E-state index contributed by atoms with van der Waals surface area (Å²) in [5.41, 5.74) is 12.7. The van der Waals surface area contributed by atoms with Crippen LogP contribution >= 0.6 is 12.4 Å². The van der Waals surface area contributed by atoms with Gasteiger partial charge in [-0.15, -0.1) is 12.4 Å². The van der Waals surface area contributed by atoms with Crippen molar-refractivity contribution in [3.8, 4) is 11.5 Å². The number of benzene rings is 1. The van der Waals surface area contributed by atoms with E-state index in [0.29, 0.717) is 6.61 Å². The maximum absolute atomic E-state index is 6.16. The molecular formula is C14H25ClN2O2. The van der Waals surface area contributed by atoms with Crippen molar-refractivity contribution in [3.63, 3.8) is 0 Å². The predicted octanol–water partition coefficient (Wildman–Crippen LogP) is 2.64. The Morgan fingerprint density at radius 2 is 1.95 bits per heavy atom. The first-order valence-corrected chi connectivity index (χ1v) is 6.49. The van der Waals surface area contributed by atoms with Crippen molar-refractivity contribution in [1.29, 1.82) is 0 Å². The topological polar surface area (TPSA) is 70.5 Å². The van der Waals surface area contributed by atoms with E-state index in [-0.39, 0.29) is 18.4 Å². The van der Waals surface area contributed by atoms with Crippen molar-refractivity contribution in [2.45, 2.75) is 32.2 Å². The standard InChI is InChI=1S/C14H24N2O2.ClH/c1-3-18-14-10-11(7-8-13(14)17-2)12(16)6-4-5-9-15;/h7-8,10,12H,3-6,9,15-16H2,1-2H3;1H/t12-;/m1./s1. The maximum Gasteiger partial charge on any atom is 0.161 e. The lowest BCUT2D eigenvalue weighted by Crippen LogP contribution is -2.11. The summed E-state index contributed by atoms with van der Waals surface area (Å²) in [7, 11) is 1.64. The minimum absolute atomic E-state index is 0. The summed E-state index contributed by atoms with van der Waals surface area (Å²) in [6.45, 7) is 3.29. The van der Waals surface area contributed by atoms with Gasteiger partial charge in [0.1, 0.15) is 0 Å². The van der Waals surface area contributed by atoms with E-state index in [9.17, 15) is 0 Å². The molecule has 0 aliphatic carbocycles. The number of nitrogens with two attached hydrogens (primary N) is 2. The Hall–Kier alpha value is -0.970. The number of unbranched alkanes of at least 4 members (excludes halogenated alkanes) is 1. The molecule has 0 aliphatic rings. The Morgan fingerprint density at radius 1 is 1.21 bits per heavy atom. The zero-order valence-electron chi connectivity index (χ0n) is 11.7. The average molecular weight is 289 g/mol. The molecule has 110 valence electrons. The molecule has 0 bridgehead atoms. The zero-order chi connectivity index (χ0) is 13.4. The fraction of sp³-hybridized carbons (Fsp3) is 0.571. The summed E-state index contributed by atoms with van der Waals surface area (Å²) in [6, 6.07) is 5.90. The second kappa shape index (κ2) is 9.89. The molecule has 0 aromatic heterocycles. The van der Waals surface area contributed by atoms with Crippen molar-refractivity contribution >= 4 is 12.4 Å². The first-order valence-electron chi connectivity index (χ1n) is 6.49. The summed E-state index contributed by atoms with van der Waals surface area (Å²) in [4.78, 5) is 0. The molecule has 0 fully saturated rings. The highest BCUT2D eigenvalue weighted by Crippen LogP contribution is 2.30. The fourth-order valence-electron chi connectivity index (χ4n) is 1.87. The molecule has 1 atom stereocenters. The Bertz CT molecular complexity index is 361. The van der Waals surface area contributed by atoms with Crippen molar-refractivity contribution in [2.75, 3.05) is 20.3 Å². The van der Waals surface area contributed by atoms with Gasteiger partial charge in [0, 0.05) is 6.04 Å². The third-order valence-corrected chi connectivity index (χ3v) is 2.88. The lowest BCUT2D eigenvalue weighted by molar-refractivity contribution is 0.310. The number of hydrogen-bond acceptors (Lipinski definition) is 4. The van der Waals surface area contributed by atoms with Crippen LogP contribution in [0, 0.1) is 0 Å². The van der Waals surface area contributed by atoms with E-state index in [2.05, 4.69) is 0 Å². The van der Waals surface area contributed by atoms with Gasteiger partial charge in [0.25, 0.3) is 0 Å². The molecule has 19 heavy (non-hydrogen) atoms. The van der Waals surface area contributed by atoms with Gasteiger partial charge in [-0.05, 0) is 44.0 Å². The normalized spacial score (nSPS) is 11.6. The summed E-state index contributed by atoms with van der Waals surface area (Å²) in [5, 5.41) is 0. The Kier molecular flexibility index (Phi) is 9.39. The molecule has 4 N–H and O–H groups in total. The van der Waals surface area contributed by atoms with Crippen LogP contribution in [0.25, 0.3) is 0 Å². The van der Waals surface area contributed by atoms with Gasteiger partial charge >= 0.3 is 0 Å². The monoisotopic (exact) mass is 288 g/mol. The van der Waals surface area contributed by atoms with Crippen LogP contribution in [0.4, 0.5) is 0 Å². The average Bonchev–Trinajstić information content (AvgIpc) is 2.39. The number of ether oxygens (including phenoxy) is 2. The second-order valence-corrected chi connectivity index (χ2v) is 4.23. The highest BCUT2D eigenvalue weighted by Gasteiger charge is 2.10. The molecule has 0 spiro atoms. The summed E-state index contributed by atoms with van der Waals surface area (Å²) in [6.07, 6.45) is 3.00. The molecule has 0 amide bonds. The molecule has 1 aromatic rings. The summed E-state index contributed by atoms with van der Waals surface area (Å²) in [5.74, 6) is 1.50. The van der Waals surface area contributed by atoms with Gasteiger partial charge in [-0.2, -0.15) is 0 Å². The molecule has 0 heterocycles. The second-order valence-electron chi connectivity index (χ2n) is 4.23. The van der Waals surface area contributed by atoms with Crippen LogP contribution < -0.4 is 20.9 Å². The van der Waals surface area contributed by atoms with Crippen molar-refractivity contribution in [1.82, 2.24) is 0 Å². The Labute approximate surface area is 121 Å². The predicted molar refractivity (Wildman–Crippen MR) is 81.2 cm³/mol. The quantitative estimate of drug-likeness (QED) is 0.722. The molecule has 0 radical (unpaired) electrons. The third kappa shape index (κ3) is 5.68. The smallest absolute Gasteiger partial charge is 0.161 e. The highest BCUT2D eigenvalue weighted by atomic mass is 35.5. The van der Waals surface area contributed by atoms with Crippen molar-refractivity contribution in [2.24, 2.45) is 11.5 Å². The van der Waals surface area contributed by atoms with Gasteiger partial charge in [-0.1, -0.05) is 12.5 Å². The van der Waals surface area contributed by atoms with E-state index < -0.39 is 0 Å². The lowest BCUT2D eigenvalue weighted by Gasteiger charge is -2.15. The fourth-order valence-corrected chi connectivity index (χ4v) is 1.87. The van der Waals surface area contributed by atoms with Crippen LogP contribution in [-0.4, -0.2) is 20.3 Å². The van der Waals surface area contributed by atoms with Gasteiger partial charge in [0.15, 0.2) is 11.5 Å². The highest BCUT2D eigenvalue weighted by molar-refractivity contribution is 5.85. The number of rotatable bonds is 8. The number of halogens is 1. The van der Waals surface area contributed by atoms with E-state index in [0.717, 1.165) is 42.9 Å². The molecule has 4 nitrogen and oxygen atoms in total. The largest absolute Gasteiger partial charge is 0.493 e. The molecular weight excluding hydrogens is 264 g/mol. The van der Waals surface area contributed by atoms with E-state index in [4.69, 9.17) is 20.9 Å². The van der Waals surface area contributed by atoms with Crippen LogP contribution in [0.5, 0.6) is 11.5 Å². The number of methoxy groups -OCH3 is 1. The van der Waals surface area contributed by atoms with Crippen LogP contribution in [0.3, 0.4) is 0 Å². The minimum atomic E-state index is 0. The summed E-state index contributed by atoms with van der Waals surface area (Å²) < 4.78 is 10.8. The van der Waals surface area contributed by atoms with Gasteiger partial charge in [0.2, 0.25) is 0 Å². The van der Waals surface area contributed by atoms with E-state index >= 15 is 0 Å². The summed E-state index contributed by atoms with van der Waals surface area (Å²) >= 11 is 0. The van der Waals surface area contributed by atoms with Gasteiger partial charge in [-0.3, -0.25) is 0 Å². The molecule has 1 aromatic carbocycles. The molecule has 0 aliphatic heterocycles. The van der Waals surface area contributed by atoms with Gasteiger partial charge < -0.3 is 20.9 Å². The van der Waals surface area contributed by atoms with Crippen LogP contribution in [0.2, 0.25) is 0 Å². The van der Waals surface area contributed by atoms with Crippen molar-refractivity contribution < 1.29 is 9.47 Å². The molecule has 1 rings (SSSR count). The lowest BCUT2D eigenvalue weighted by atomic mass is 10.0. The first kappa shape index (κ1) is 18.0. The molecule has 0 unspecified atom stereocenters. The molecule has 0 saturated heterocycles. The Balaban J connectivity index is 0.00000324. The maximum atomic E-state index is 6.16. The van der Waals surface area contributed by atoms with Crippen LogP contribution in [0.15, 0.2) is 18.2 Å². The van der Waals surface area contributed by atoms with Crippen molar-refractivity contribution in [3.05, 3.63) is 23.8 Å². The Morgan fingerprint density at radius 3 is 2.53 bits per heavy atom. The van der Waals surface area contributed by atoms with E-state index in [1.165, 1.54) is 0 Å². The van der Waals surface area contributed by atoms with Crippen LogP contribution in [-0.2, 0) is 0 Å². The van der Waals surface area contributed by atoms with Gasteiger partial charge in [-0.25, -0.2) is 0 Å². The molecule has 0 saturated carbocycles. The van der Waals surface area contributed by atoms with Gasteiger partial charge in [0.05, 0.1) is 13.7 Å². The first-order chi connectivity index (χ1) is 8.72. The zero-order valence-corrected chi connectivity index (χ0v) is 12.5.